The number of para-hydroxylation sites is 1. The van der Waals surface area contributed by atoms with Gasteiger partial charge >= 0.3 is 0 Å². The summed E-state index contributed by atoms with van der Waals surface area (Å²) in [6, 6.07) is 14.1. The van der Waals surface area contributed by atoms with Crippen molar-refractivity contribution in [3.63, 3.8) is 0 Å². The largest absolute Gasteiger partial charge is 0.366 e. The van der Waals surface area contributed by atoms with Crippen LogP contribution in [0.25, 0.3) is 11.3 Å². The van der Waals surface area contributed by atoms with Gasteiger partial charge in [-0.3, -0.25) is 14.8 Å². The Hall–Kier alpha value is -3.28. The average molecular weight is 362 g/mol. The topological polar surface area (TPSA) is 49.3 Å². The van der Waals surface area contributed by atoms with Crippen molar-refractivity contribution in [3.8, 4) is 11.3 Å². The molecule has 1 fully saturated rings. The lowest BCUT2D eigenvalue weighted by molar-refractivity contribution is 0.0746. The van der Waals surface area contributed by atoms with Crippen molar-refractivity contribution in [3.05, 3.63) is 78.5 Å². The number of hydrogen-bond acceptors (Lipinski definition) is 4. The molecule has 0 atom stereocenters. The molecule has 0 N–H and O–H groups in total. The quantitative estimate of drug-likeness (QED) is 0.718. The van der Waals surface area contributed by atoms with Crippen LogP contribution in [0.15, 0.2) is 67.1 Å². The molecule has 0 radical (unpaired) electrons. The molecule has 1 aliphatic rings. The molecular weight excluding hydrogens is 343 g/mol. The molecule has 1 amide bonds. The number of carbonyl (C=O) groups excluding carboxylic acids is 1. The SMILES string of the molecule is O=C(c1ccc(-c2cccnc2)nc1)N1CCN(c2ccccc2F)CC1. The van der Waals surface area contributed by atoms with Crippen molar-refractivity contribution >= 4 is 11.6 Å². The van der Waals surface area contributed by atoms with Crippen LogP contribution < -0.4 is 4.90 Å². The zero-order chi connectivity index (χ0) is 18.6. The Morgan fingerprint density at radius 3 is 2.41 bits per heavy atom. The highest BCUT2D eigenvalue weighted by molar-refractivity contribution is 5.94. The highest BCUT2D eigenvalue weighted by Gasteiger charge is 2.23. The first-order valence-electron chi connectivity index (χ1n) is 8.87. The highest BCUT2D eigenvalue weighted by Crippen LogP contribution is 2.21. The van der Waals surface area contributed by atoms with Gasteiger partial charge in [0.25, 0.3) is 5.91 Å². The molecule has 5 nitrogen and oxygen atoms in total. The van der Waals surface area contributed by atoms with Crippen LogP contribution in [-0.2, 0) is 0 Å². The van der Waals surface area contributed by atoms with Crippen LogP contribution in [0.1, 0.15) is 10.4 Å². The fourth-order valence-corrected chi connectivity index (χ4v) is 3.25. The first-order valence-corrected chi connectivity index (χ1v) is 8.87. The van der Waals surface area contributed by atoms with E-state index in [0.29, 0.717) is 37.4 Å². The van der Waals surface area contributed by atoms with Gasteiger partial charge in [0, 0.05) is 50.3 Å². The van der Waals surface area contributed by atoms with Gasteiger partial charge in [0.2, 0.25) is 0 Å². The summed E-state index contributed by atoms with van der Waals surface area (Å²) >= 11 is 0. The summed E-state index contributed by atoms with van der Waals surface area (Å²) in [4.78, 5) is 25.0. The second-order valence-corrected chi connectivity index (χ2v) is 6.40. The number of pyridine rings is 2. The van der Waals surface area contributed by atoms with Gasteiger partial charge in [0.05, 0.1) is 16.9 Å². The van der Waals surface area contributed by atoms with E-state index >= 15 is 0 Å². The molecular formula is C21H19FN4O. The van der Waals surface area contributed by atoms with Crippen molar-refractivity contribution in [2.45, 2.75) is 0 Å². The number of amides is 1. The fourth-order valence-electron chi connectivity index (χ4n) is 3.25. The van der Waals surface area contributed by atoms with Gasteiger partial charge in [-0.2, -0.15) is 0 Å². The van der Waals surface area contributed by atoms with E-state index < -0.39 is 0 Å². The molecule has 6 heteroatoms. The lowest BCUT2D eigenvalue weighted by Crippen LogP contribution is -2.49. The van der Waals surface area contributed by atoms with Gasteiger partial charge in [0.1, 0.15) is 5.82 Å². The molecule has 1 aromatic carbocycles. The van der Waals surface area contributed by atoms with Gasteiger partial charge in [-0.1, -0.05) is 12.1 Å². The van der Waals surface area contributed by atoms with Crippen molar-refractivity contribution in [1.82, 2.24) is 14.9 Å². The normalized spacial score (nSPS) is 14.3. The van der Waals surface area contributed by atoms with Crippen LogP contribution in [0.2, 0.25) is 0 Å². The van der Waals surface area contributed by atoms with Crippen LogP contribution in [0, 0.1) is 5.82 Å². The molecule has 0 bridgehead atoms. The summed E-state index contributed by atoms with van der Waals surface area (Å²) in [6.45, 7) is 2.32. The molecule has 0 aliphatic carbocycles. The lowest BCUT2D eigenvalue weighted by atomic mass is 10.1. The number of carbonyl (C=O) groups is 1. The third-order valence-corrected chi connectivity index (χ3v) is 4.73. The molecule has 136 valence electrons. The summed E-state index contributed by atoms with van der Waals surface area (Å²) in [6.07, 6.45) is 5.06. The van der Waals surface area contributed by atoms with Crippen LogP contribution >= 0.6 is 0 Å². The van der Waals surface area contributed by atoms with E-state index in [0.717, 1.165) is 11.3 Å². The molecule has 4 rings (SSSR count). The Balaban J connectivity index is 1.41. The maximum absolute atomic E-state index is 13.9. The number of nitrogens with zero attached hydrogens (tertiary/aromatic N) is 4. The zero-order valence-electron chi connectivity index (χ0n) is 14.8. The maximum Gasteiger partial charge on any atom is 0.255 e. The summed E-state index contributed by atoms with van der Waals surface area (Å²) in [7, 11) is 0. The van der Waals surface area contributed by atoms with Crippen molar-refractivity contribution < 1.29 is 9.18 Å². The van der Waals surface area contributed by atoms with Gasteiger partial charge in [-0.25, -0.2) is 4.39 Å². The molecule has 0 spiro atoms. The van der Waals surface area contributed by atoms with Crippen LogP contribution in [0.3, 0.4) is 0 Å². The molecule has 2 aromatic heterocycles. The predicted molar refractivity (Wildman–Crippen MR) is 102 cm³/mol. The molecule has 1 saturated heterocycles. The second kappa shape index (κ2) is 7.53. The van der Waals surface area contributed by atoms with Gasteiger partial charge in [-0.15, -0.1) is 0 Å². The fraction of sp³-hybridized carbons (Fsp3) is 0.190. The number of halogens is 1. The number of aromatic nitrogens is 2. The molecule has 3 aromatic rings. The molecule has 0 saturated carbocycles. The Bertz CT molecular complexity index is 922. The second-order valence-electron chi connectivity index (χ2n) is 6.40. The predicted octanol–water partition coefficient (Wildman–Crippen LogP) is 3.25. The lowest BCUT2D eigenvalue weighted by Gasteiger charge is -2.36. The minimum atomic E-state index is -0.229. The van der Waals surface area contributed by atoms with Gasteiger partial charge in [-0.05, 0) is 36.4 Å². The third-order valence-electron chi connectivity index (χ3n) is 4.73. The third kappa shape index (κ3) is 3.65. The monoisotopic (exact) mass is 362 g/mol. The Morgan fingerprint density at radius 1 is 0.926 bits per heavy atom. The minimum Gasteiger partial charge on any atom is -0.366 e. The summed E-state index contributed by atoms with van der Waals surface area (Å²) in [5.41, 5.74) is 2.84. The Kier molecular flexibility index (Phi) is 4.78. The smallest absolute Gasteiger partial charge is 0.255 e. The molecule has 27 heavy (non-hydrogen) atoms. The molecule has 3 heterocycles. The van der Waals surface area contributed by atoms with E-state index in [1.54, 1.807) is 41.7 Å². The van der Waals surface area contributed by atoms with Crippen molar-refractivity contribution in [1.29, 1.82) is 0 Å². The van der Waals surface area contributed by atoms with E-state index in [-0.39, 0.29) is 11.7 Å². The Labute approximate surface area is 157 Å². The van der Waals surface area contributed by atoms with Crippen LogP contribution in [0.5, 0.6) is 0 Å². The average Bonchev–Trinajstić information content (AvgIpc) is 2.74. The van der Waals surface area contributed by atoms with E-state index in [1.165, 1.54) is 6.07 Å². The van der Waals surface area contributed by atoms with Crippen molar-refractivity contribution in [2.24, 2.45) is 0 Å². The Morgan fingerprint density at radius 2 is 1.74 bits per heavy atom. The number of benzene rings is 1. The zero-order valence-corrected chi connectivity index (χ0v) is 14.8. The molecule has 1 aliphatic heterocycles. The van der Waals surface area contributed by atoms with Crippen LogP contribution in [-0.4, -0.2) is 47.0 Å². The van der Waals surface area contributed by atoms with Crippen LogP contribution in [0.4, 0.5) is 10.1 Å². The first kappa shape index (κ1) is 17.1. The van der Waals surface area contributed by atoms with E-state index in [2.05, 4.69) is 9.97 Å². The number of anilines is 1. The van der Waals surface area contributed by atoms with E-state index in [1.807, 2.05) is 29.2 Å². The van der Waals surface area contributed by atoms with Gasteiger partial charge in [0.15, 0.2) is 0 Å². The number of rotatable bonds is 3. The number of hydrogen-bond donors (Lipinski definition) is 0. The summed E-state index contributed by atoms with van der Waals surface area (Å²) in [5.74, 6) is -0.277. The van der Waals surface area contributed by atoms with E-state index in [4.69, 9.17) is 0 Å². The van der Waals surface area contributed by atoms with E-state index in [9.17, 15) is 9.18 Å². The van der Waals surface area contributed by atoms with Crippen molar-refractivity contribution in [2.75, 3.05) is 31.1 Å². The first-order chi connectivity index (χ1) is 13.2. The maximum atomic E-state index is 13.9. The molecule has 0 unspecified atom stereocenters. The minimum absolute atomic E-state index is 0.0478. The van der Waals surface area contributed by atoms with Gasteiger partial charge < -0.3 is 9.80 Å². The summed E-state index contributed by atoms with van der Waals surface area (Å²) in [5, 5.41) is 0. The number of piperazine rings is 1. The highest BCUT2D eigenvalue weighted by atomic mass is 19.1. The standard InChI is InChI=1S/C21H19FN4O/c22-18-5-1-2-6-20(18)25-10-12-26(13-11-25)21(27)17-7-8-19(24-15-17)16-4-3-9-23-14-16/h1-9,14-15H,10-13H2. The summed E-state index contributed by atoms with van der Waals surface area (Å²) < 4.78 is 13.9.